The van der Waals surface area contributed by atoms with Crippen LogP contribution in [-0.4, -0.2) is 201 Å². The van der Waals surface area contributed by atoms with E-state index in [0.717, 1.165) is 12.0 Å². The summed E-state index contributed by atoms with van der Waals surface area (Å²) in [6, 6.07) is 1.36. The molecule has 24 heteroatoms. The molecule has 2 aliphatic heterocycles. The van der Waals surface area contributed by atoms with Crippen molar-refractivity contribution in [2.75, 3.05) is 73.4 Å². The minimum Gasteiger partial charge on any atom is -0.379 e. The number of hydrogen-bond donors (Lipinski definition) is 8. The maximum atomic E-state index is 14.5. The van der Waals surface area contributed by atoms with Gasteiger partial charge in [0.25, 0.3) is 0 Å². The number of nitrogens with zero attached hydrogens (tertiary/aromatic N) is 4. The van der Waals surface area contributed by atoms with Crippen molar-refractivity contribution < 1.29 is 57.4 Å². The Morgan fingerprint density at radius 1 is 0.697 bits per heavy atom. The highest BCUT2D eigenvalue weighted by Crippen LogP contribution is 2.31. The molecule has 3 rings (SSSR count). The number of urea groups is 1. The quantitative estimate of drug-likeness (QED) is 0.0438. The monoisotopic (exact) mass is 1250 g/mol. The minimum absolute atomic E-state index is 0.00601. The fourth-order valence-electron chi connectivity index (χ4n) is 12.4. The molecule has 0 aromatic heterocycles. The van der Waals surface area contributed by atoms with Crippen molar-refractivity contribution in [1.82, 2.24) is 46.2 Å². The second kappa shape index (κ2) is 37.8. The van der Waals surface area contributed by atoms with E-state index in [1.165, 1.54) is 14.2 Å². The lowest BCUT2D eigenvalue weighted by Gasteiger charge is -2.41. The number of anilines is 1. The summed E-state index contributed by atoms with van der Waals surface area (Å²) in [6.07, 6.45) is 3.02. The van der Waals surface area contributed by atoms with Crippen LogP contribution in [0.5, 0.6) is 0 Å². The van der Waals surface area contributed by atoms with Gasteiger partial charge in [0.2, 0.25) is 47.3 Å². The lowest BCUT2D eigenvalue weighted by atomic mass is 9.85. The van der Waals surface area contributed by atoms with Crippen LogP contribution in [-0.2, 0) is 59.0 Å². The molecule has 0 bridgehead atoms. The number of rotatable bonds is 37. The molecule has 2 saturated heterocycles. The van der Waals surface area contributed by atoms with Crippen LogP contribution in [0.4, 0.5) is 10.5 Å². The van der Waals surface area contributed by atoms with Gasteiger partial charge in [-0.3, -0.25) is 48.1 Å². The Balaban J connectivity index is 1.67. The third-order valence-electron chi connectivity index (χ3n) is 18.1. The summed E-state index contributed by atoms with van der Waals surface area (Å²) in [5.41, 5.74) is 12.7. The molecule has 504 valence electrons. The van der Waals surface area contributed by atoms with Gasteiger partial charge < -0.3 is 67.5 Å². The lowest BCUT2D eigenvalue weighted by Crippen LogP contribution is -2.59. The zero-order chi connectivity index (χ0) is 67.0. The van der Waals surface area contributed by atoms with Crippen LogP contribution < -0.4 is 43.4 Å². The molecule has 1 aromatic rings. The van der Waals surface area contributed by atoms with Crippen LogP contribution in [0.2, 0.25) is 0 Å². The van der Waals surface area contributed by atoms with E-state index in [1.54, 1.807) is 66.8 Å². The normalized spacial score (nSPS) is 18.4. The average Bonchev–Trinajstić information content (AvgIpc) is 3.93. The summed E-state index contributed by atoms with van der Waals surface area (Å²) < 4.78 is 12.1. The van der Waals surface area contributed by atoms with Gasteiger partial charge >= 0.3 is 6.03 Å². The predicted octanol–water partition coefficient (Wildman–Crippen LogP) is 3.97. The average molecular weight is 1250 g/mol. The first-order chi connectivity index (χ1) is 42.0. The minimum atomic E-state index is -1.10. The smallest absolute Gasteiger partial charge is 0.312 e. The Kier molecular flexibility index (Phi) is 32.7. The number of primary amides is 1. The van der Waals surface area contributed by atoms with Gasteiger partial charge in [0.1, 0.15) is 23.9 Å². The van der Waals surface area contributed by atoms with Crippen LogP contribution >= 0.6 is 0 Å². The first-order valence-electron chi connectivity index (χ1n) is 32.4. The lowest BCUT2D eigenvalue weighted by molar-refractivity contribution is -0.148. The van der Waals surface area contributed by atoms with Gasteiger partial charge in [-0.2, -0.15) is 0 Å². The Hall–Kier alpha value is -6.24. The van der Waals surface area contributed by atoms with E-state index in [-0.39, 0.29) is 110 Å². The number of likely N-dealkylation sites (tertiary alicyclic amines) is 2. The SMILES string of the molecule is CCC(C)C(=O)C1CCN(C(=O)CCC(=O)NC(C(=O)N[C@@H](CCCNC(N)=O)C(=O)Nc2ccc(C[C@@H](CN)NC(=O)[C@H](C)[C@@H](OC)[C@@H]3CCCN3C(=O)C[C@@H](OC)[C@H]([C@@H](C)CC)N(C)C(=O)[C@@H](NC(=O)C(C(C)C)N(C)C)C(C)C)cc2)C(C)C)CC1. The predicted molar refractivity (Wildman–Crippen MR) is 343 cm³/mol. The second-order valence-electron chi connectivity index (χ2n) is 26.0. The van der Waals surface area contributed by atoms with Crippen LogP contribution in [0.3, 0.4) is 0 Å². The molecule has 2 fully saturated rings. The maximum Gasteiger partial charge on any atom is 0.312 e. The number of piperidine rings is 1. The molecule has 10 N–H and O–H groups in total. The van der Waals surface area contributed by atoms with Gasteiger partial charge in [0.05, 0.1) is 42.7 Å². The number of nitrogens with one attached hydrogen (secondary N) is 6. The number of methoxy groups -OCH3 is 2. The van der Waals surface area contributed by atoms with E-state index in [4.69, 9.17) is 20.9 Å². The van der Waals surface area contributed by atoms with Crippen molar-refractivity contribution >= 4 is 64.8 Å². The zero-order valence-corrected chi connectivity index (χ0v) is 56.4. The van der Waals surface area contributed by atoms with Crippen LogP contribution in [0.25, 0.3) is 0 Å². The van der Waals surface area contributed by atoms with Crippen molar-refractivity contribution in [3.63, 3.8) is 0 Å². The van der Waals surface area contributed by atoms with E-state index >= 15 is 0 Å². The number of amides is 10. The fourth-order valence-corrected chi connectivity index (χ4v) is 12.4. The van der Waals surface area contributed by atoms with Gasteiger partial charge in [0.15, 0.2) is 0 Å². The number of likely N-dealkylation sites (N-methyl/N-ethyl adjacent to an activating group) is 2. The molecular formula is C65H112N12O12. The summed E-state index contributed by atoms with van der Waals surface area (Å²) in [6.45, 7) is 22.5. The summed E-state index contributed by atoms with van der Waals surface area (Å²) in [5.74, 6) is -4.14. The van der Waals surface area contributed by atoms with E-state index in [9.17, 15) is 47.9 Å². The highest BCUT2D eigenvalue weighted by Gasteiger charge is 2.44. The highest BCUT2D eigenvalue weighted by atomic mass is 16.5. The van der Waals surface area contributed by atoms with E-state index in [2.05, 4.69) is 31.9 Å². The van der Waals surface area contributed by atoms with Gasteiger partial charge in [-0.15, -0.1) is 0 Å². The first-order valence-corrected chi connectivity index (χ1v) is 32.4. The van der Waals surface area contributed by atoms with E-state index < -0.39 is 90.1 Å². The largest absolute Gasteiger partial charge is 0.379 e. The number of Topliss-reactive ketones (excluding diaryl/α,β-unsaturated/α-hetero) is 1. The number of carbonyl (C=O) groups excluding carboxylic acids is 10. The Labute approximate surface area is 530 Å². The molecule has 0 aliphatic carbocycles. The third-order valence-corrected chi connectivity index (χ3v) is 18.1. The van der Waals surface area contributed by atoms with Crippen LogP contribution in [0, 0.1) is 41.4 Å². The molecule has 3 unspecified atom stereocenters. The summed E-state index contributed by atoms with van der Waals surface area (Å²) in [7, 11) is 8.46. The molecule has 1 aromatic carbocycles. The highest BCUT2D eigenvalue weighted by molar-refractivity contribution is 5.99. The molecule has 0 saturated carbocycles. The molecule has 0 spiro atoms. The molecule has 0 radical (unpaired) electrons. The molecule has 2 heterocycles. The van der Waals surface area contributed by atoms with Gasteiger partial charge in [-0.1, -0.05) is 94.7 Å². The van der Waals surface area contributed by atoms with E-state index in [0.29, 0.717) is 63.8 Å². The number of ether oxygens (including phenoxy) is 2. The molecule has 89 heavy (non-hydrogen) atoms. The van der Waals surface area contributed by atoms with Crippen molar-refractivity contribution in [3.05, 3.63) is 29.8 Å². The number of benzene rings is 1. The summed E-state index contributed by atoms with van der Waals surface area (Å²) in [5, 5.41) is 17.0. The zero-order valence-electron chi connectivity index (χ0n) is 56.4. The second-order valence-corrected chi connectivity index (χ2v) is 26.0. The summed E-state index contributed by atoms with van der Waals surface area (Å²) in [4.78, 5) is 142. The van der Waals surface area contributed by atoms with Crippen molar-refractivity contribution in [1.29, 1.82) is 0 Å². The molecular weight excluding hydrogens is 1140 g/mol. The Bertz CT molecular complexity index is 2460. The van der Waals surface area contributed by atoms with Gasteiger partial charge in [-0.25, -0.2) is 4.79 Å². The van der Waals surface area contributed by atoms with Gasteiger partial charge in [-0.05, 0) is 107 Å². The molecule has 12 atom stereocenters. The topological polar surface area (TPSA) is 326 Å². The number of hydrogen-bond acceptors (Lipinski definition) is 14. The summed E-state index contributed by atoms with van der Waals surface area (Å²) >= 11 is 0. The molecule has 24 nitrogen and oxygen atoms in total. The molecule has 10 amide bonds. The van der Waals surface area contributed by atoms with Crippen molar-refractivity contribution in [2.24, 2.45) is 52.9 Å². The standard InChI is InChI=1S/C65H112N12O12/c1-17-41(9)57(75(14)64(86)55(39(5)6)73-63(85)56(40(7)8)74(12)13)50(88-15)36-53(80)77-32-20-22-49(77)59(89-16)43(11)60(82)70-47(37-66)35-44-23-25-46(26-24-44)69-61(83)48(21-19-31-68-65(67)87)71-62(84)54(38(3)4)72-51(78)27-28-52(79)76-33-29-45(30-34-76)58(81)42(10)18-2/h23-26,38-43,45,47-50,54-57,59H,17-22,27-37,66H2,1-16H3,(H,69,83)(H,70,82)(H,71,84)(H,72,78)(H,73,85)(H3,67,68,87)/t41-,42?,43+,47-,48-,49-,50+,54?,55-,56?,57-,59+/m0/s1. The first kappa shape index (κ1) is 77.0. The third kappa shape index (κ3) is 23.2. The van der Waals surface area contributed by atoms with E-state index in [1.807, 2.05) is 74.4 Å². The number of ketones is 1. The van der Waals surface area contributed by atoms with Crippen molar-refractivity contribution in [2.45, 2.75) is 208 Å². The van der Waals surface area contributed by atoms with Crippen molar-refractivity contribution in [3.8, 4) is 0 Å². The number of carbonyl (C=O) groups is 10. The van der Waals surface area contributed by atoms with Crippen LogP contribution in [0.1, 0.15) is 152 Å². The number of nitrogens with two attached hydrogens (primary N) is 2. The Morgan fingerprint density at radius 3 is 1.85 bits per heavy atom. The maximum absolute atomic E-state index is 14.5. The van der Waals surface area contributed by atoms with Gasteiger partial charge in [0, 0.05) is 90.4 Å². The Morgan fingerprint density at radius 2 is 1.33 bits per heavy atom. The molecule has 2 aliphatic rings. The fraction of sp³-hybridized carbons (Fsp3) is 0.754. The van der Waals surface area contributed by atoms with Crippen LogP contribution in [0.15, 0.2) is 24.3 Å².